The summed E-state index contributed by atoms with van der Waals surface area (Å²) in [5, 5.41) is 5.50. The van der Waals surface area contributed by atoms with Crippen molar-refractivity contribution in [1.29, 1.82) is 0 Å². The maximum atomic E-state index is 5.16. The van der Waals surface area contributed by atoms with Gasteiger partial charge in [0.05, 0.1) is 13.2 Å². The molecular formula is C16H23N5OS. The largest absolute Gasteiger partial charge is 0.481 e. The van der Waals surface area contributed by atoms with Crippen LogP contribution in [0.2, 0.25) is 0 Å². The molecule has 2 aromatic heterocycles. The summed E-state index contributed by atoms with van der Waals surface area (Å²) < 4.78 is 5.16. The zero-order valence-electron chi connectivity index (χ0n) is 13.6. The molecule has 7 heteroatoms. The van der Waals surface area contributed by atoms with Gasteiger partial charge in [-0.1, -0.05) is 6.07 Å². The summed E-state index contributed by atoms with van der Waals surface area (Å²) in [5.74, 6) is 1.19. The van der Waals surface area contributed by atoms with Crippen LogP contribution in [0.25, 0.3) is 0 Å². The number of thiophene rings is 1. The summed E-state index contributed by atoms with van der Waals surface area (Å²) >= 11 is 1.81. The van der Waals surface area contributed by atoms with Gasteiger partial charge in [-0.2, -0.15) is 4.98 Å². The highest BCUT2D eigenvalue weighted by Gasteiger charge is 2.24. The Morgan fingerprint density at radius 3 is 2.83 bits per heavy atom. The normalized spacial score (nSPS) is 17.8. The number of nitrogens with zero attached hydrogens (tertiary/aromatic N) is 4. The van der Waals surface area contributed by atoms with E-state index >= 15 is 0 Å². The van der Waals surface area contributed by atoms with Crippen molar-refractivity contribution in [2.45, 2.75) is 6.04 Å². The van der Waals surface area contributed by atoms with Crippen LogP contribution in [0, 0.1) is 0 Å². The first kappa shape index (κ1) is 16.2. The van der Waals surface area contributed by atoms with E-state index in [9.17, 15) is 0 Å². The second-order valence-corrected chi connectivity index (χ2v) is 6.65. The quantitative estimate of drug-likeness (QED) is 0.872. The van der Waals surface area contributed by atoms with Crippen molar-refractivity contribution < 1.29 is 4.74 Å². The molecular weight excluding hydrogens is 310 g/mol. The minimum Gasteiger partial charge on any atom is -0.481 e. The third kappa shape index (κ3) is 4.19. The molecule has 1 N–H and O–H groups in total. The molecule has 0 amide bonds. The van der Waals surface area contributed by atoms with Crippen molar-refractivity contribution in [3.8, 4) is 5.88 Å². The first-order chi connectivity index (χ1) is 11.3. The summed E-state index contributed by atoms with van der Waals surface area (Å²) in [6, 6.07) is 6.42. The number of hydrogen-bond donors (Lipinski definition) is 1. The molecule has 1 saturated heterocycles. The predicted octanol–water partition coefficient (Wildman–Crippen LogP) is 1.95. The van der Waals surface area contributed by atoms with Crippen molar-refractivity contribution in [3.63, 3.8) is 0 Å². The van der Waals surface area contributed by atoms with Crippen LogP contribution >= 0.6 is 11.3 Å². The zero-order chi connectivity index (χ0) is 16.1. The predicted molar refractivity (Wildman–Crippen MR) is 93.2 cm³/mol. The van der Waals surface area contributed by atoms with Gasteiger partial charge in [0.25, 0.3) is 0 Å². The molecule has 1 unspecified atom stereocenters. The molecule has 0 radical (unpaired) electrons. The van der Waals surface area contributed by atoms with E-state index in [0.717, 1.165) is 32.7 Å². The number of likely N-dealkylation sites (N-methyl/N-ethyl adjacent to an activating group) is 1. The first-order valence-electron chi connectivity index (χ1n) is 7.83. The maximum absolute atomic E-state index is 5.16. The Bertz CT molecular complexity index is 598. The lowest BCUT2D eigenvalue weighted by Crippen LogP contribution is -2.47. The Hall–Kier alpha value is -1.70. The Kier molecular flexibility index (Phi) is 5.43. The lowest BCUT2D eigenvalue weighted by atomic mass is 10.1. The van der Waals surface area contributed by atoms with Gasteiger partial charge < -0.3 is 15.0 Å². The second kappa shape index (κ2) is 7.72. The SMILES string of the molecule is COc1ccnc(NCC(c2cccs2)N2CCN(C)CC2)n1. The van der Waals surface area contributed by atoms with E-state index in [1.54, 1.807) is 19.4 Å². The Morgan fingerprint density at radius 2 is 2.13 bits per heavy atom. The minimum atomic E-state index is 0.346. The molecule has 0 spiro atoms. The summed E-state index contributed by atoms with van der Waals surface area (Å²) in [4.78, 5) is 14.9. The molecule has 0 aliphatic carbocycles. The molecule has 1 fully saturated rings. The smallest absolute Gasteiger partial charge is 0.226 e. The number of ether oxygens (including phenoxy) is 1. The molecule has 2 aromatic rings. The lowest BCUT2D eigenvalue weighted by Gasteiger charge is -2.37. The van der Waals surface area contributed by atoms with Gasteiger partial charge >= 0.3 is 0 Å². The van der Waals surface area contributed by atoms with E-state index in [1.165, 1.54) is 4.88 Å². The van der Waals surface area contributed by atoms with Crippen LogP contribution in [-0.2, 0) is 0 Å². The topological polar surface area (TPSA) is 53.5 Å². The fourth-order valence-corrected chi connectivity index (χ4v) is 3.61. The highest BCUT2D eigenvalue weighted by atomic mass is 32.1. The fourth-order valence-electron chi connectivity index (χ4n) is 2.75. The van der Waals surface area contributed by atoms with Gasteiger partial charge in [0.2, 0.25) is 11.8 Å². The molecule has 0 aromatic carbocycles. The number of aromatic nitrogens is 2. The number of rotatable bonds is 6. The van der Waals surface area contributed by atoms with Crippen LogP contribution in [0.5, 0.6) is 5.88 Å². The average Bonchev–Trinajstić information content (AvgIpc) is 3.11. The van der Waals surface area contributed by atoms with Gasteiger partial charge in [0.15, 0.2) is 0 Å². The van der Waals surface area contributed by atoms with Crippen LogP contribution in [-0.4, -0.2) is 66.6 Å². The van der Waals surface area contributed by atoms with Crippen LogP contribution in [0.15, 0.2) is 29.8 Å². The highest BCUT2D eigenvalue weighted by molar-refractivity contribution is 7.10. The van der Waals surface area contributed by atoms with E-state index < -0.39 is 0 Å². The highest BCUT2D eigenvalue weighted by Crippen LogP contribution is 2.26. The number of anilines is 1. The van der Waals surface area contributed by atoms with Gasteiger partial charge in [-0.3, -0.25) is 4.90 Å². The number of nitrogens with one attached hydrogen (secondary N) is 1. The van der Waals surface area contributed by atoms with Crippen LogP contribution in [0.3, 0.4) is 0 Å². The maximum Gasteiger partial charge on any atom is 0.226 e. The first-order valence-corrected chi connectivity index (χ1v) is 8.71. The monoisotopic (exact) mass is 333 g/mol. The van der Waals surface area contributed by atoms with E-state index in [2.05, 4.69) is 49.6 Å². The summed E-state index contributed by atoms with van der Waals surface area (Å²) in [7, 11) is 3.80. The fraction of sp³-hybridized carbons (Fsp3) is 0.500. The standard InChI is InChI=1S/C16H23N5OS/c1-20-7-9-21(10-8-20)13(14-4-3-11-23-14)12-18-16-17-6-5-15(19-16)22-2/h3-6,11,13H,7-10,12H2,1-2H3,(H,17,18,19). The molecule has 0 saturated carbocycles. The number of hydrogen-bond acceptors (Lipinski definition) is 7. The van der Waals surface area contributed by atoms with Gasteiger partial charge in [0, 0.05) is 49.9 Å². The molecule has 0 bridgehead atoms. The molecule has 124 valence electrons. The van der Waals surface area contributed by atoms with Gasteiger partial charge in [-0.05, 0) is 18.5 Å². The molecule has 1 aliphatic rings. The van der Waals surface area contributed by atoms with Gasteiger partial charge in [-0.25, -0.2) is 4.98 Å². The zero-order valence-corrected chi connectivity index (χ0v) is 14.4. The van der Waals surface area contributed by atoms with E-state index in [1.807, 2.05) is 11.3 Å². The minimum absolute atomic E-state index is 0.346. The van der Waals surface area contributed by atoms with Crippen molar-refractivity contribution in [2.24, 2.45) is 0 Å². The van der Waals surface area contributed by atoms with Crippen LogP contribution in [0.4, 0.5) is 5.95 Å². The molecule has 1 atom stereocenters. The Labute approximate surface area is 141 Å². The van der Waals surface area contributed by atoms with Gasteiger partial charge in [0.1, 0.15) is 0 Å². The van der Waals surface area contributed by atoms with Crippen molar-refractivity contribution >= 4 is 17.3 Å². The molecule has 23 heavy (non-hydrogen) atoms. The van der Waals surface area contributed by atoms with Crippen molar-refractivity contribution in [3.05, 3.63) is 34.7 Å². The molecule has 3 heterocycles. The van der Waals surface area contributed by atoms with Crippen molar-refractivity contribution in [1.82, 2.24) is 19.8 Å². The van der Waals surface area contributed by atoms with Crippen LogP contribution < -0.4 is 10.1 Å². The summed E-state index contributed by atoms with van der Waals surface area (Å²) in [5.41, 5.74) is 0. The van der Waals surface area contributed by atoms with E-state index in [0.29, 0.717) is 17.9 Å². The molecule has 6 nitrogen and oxygen atoms in total. The number of methoxy groups -OCH3 is 1. The lowest BCUT2D eigenvalue weighted by molar-refractivity contribution is 0.118. The second-order valence-electron chi connectivity index (χ2n) is 5.67. The summed E-state index contributed by atoms with van der Waals surface area (Å²) in [6.45, 7) is 5.17. The Balaban J connectivity index is 1.69. The molecule has 3 rings (SSSR count). The van der Waals surface area contributed by atoms with Crippen LogP contribution in [0.1, 0.15) is 10.9 Å². The van der Waals surface area contributed by atoms with Crippen molar-refractivity contribution in [2.75, 3.05) is 52.2 Å². The Morgan fingerprint density at radius 1 is 1.30 bits per heavy atom. The third-order valence-electron chi connectivity index (χ3n) is 4.14. The summed E-state index contributed by atoms with van der Waals surface area (Å²) in [6.07, 6.45) is 1.71. The van der Waals surface area contributed by atoms with E-state index in [4.69, 9.17) is 4.74 Å². The number of piperazine rings is 1. The van der Waals surface area contributed by atoms with Gasteiger partial charge in [-0.15, -0.1) is 11.3 Å². The molecule has 1 aliphatic heterocycles. The van der Waals surface area contributed by atoms with E-state index in [-0.39, 0.29) is 0 Å². The third-order valence-corrected chi connectivity index (χ3v) is 5.12. The average molecular weight is 333 g/mol.